The molecule has 2 aromatic carbocycles. The highest BCUT2D eigenvalue weighted by Crippen LogP contribution is 2.29. The van der Waals surface area contributed by atoms with Crippen molar-refractivity contribution in [2.75, 3.05) is 0 Å². The SMILES string of the molecule is C=Cc1c(C)n(-c2cccc(C)c2)c2ccccc12. The molecule has 94 valence electrons. The molecule has 0 amide bonds. The molecule has 1 heteroatoms. The third kappa shape index (κ3) is 1.78. The van der Waals surface area contributed by atoms with Crippen LogP contribution in [0.5, 0.6) is 0 Å². The van der Waals surface area contributed by atoms with Crippen LogP contribution in [-0.2, 0) is 0 Å². The van der Waals surface area contributed by atoms with Gasteiger partial charge in [0, 0.05) is 22.3 Å². The van der Waals surface area contributed by atoms with Gasteiger partial charge >= 0.3 is 0 Å². The largest absolute Gasteiger partial charge is 0.313 e. The highest BCUT2D eigenvalue weighted by atomic mass is 15.0. The van der Waals surface area contributed by atoms with Crippen molar-refractivity contribution in [2.45, 2.75) is 13.8 Å². The first kappa shape index (κ1) is 11.8. The first-order valence-electron chi connectivity index (χ1n) is 6.52. The molecule has 0 unspecified atom stereocenters. The lowest BCUT2D eigenvalue weighted by Crippen LogP contribution is -1.96. The first-order chi connectivity index (χ1) is 9.22. The molecular formula is C18H17N. The third-order valence-corrected chi connectivity index (χ3v) is 3.62. The van der Waals surface area contributed by atoms with Gasteiger partial charge in [0.05, 0.1) is 5.52 Å². The molecule has 0 saturated carbocycles. The molecule has 3 aromatic rings. The van der Waals surface area contributed by atoms with Gasteiger partial charge in [-0.25, -0.2) is 0 Å². The number of fused-ring (bicyclic) bond motifs is 1. The van der Waals surface area contributed by atoms with Crippen molar-refractivity contribution in [2.24, 2.45) is 0 Å². The number of aryl methyl sites for hydroxylation is 1. The van der Waals surface area contributed by atoms with Gasteiger partial charge in [-0.3, -0.25) is 0 Å². The Labute approximate surface area is 113 Å². The van der Waals surface area contributed by atoms with E-state index in [9.17, 15) is 0 Å². The van der Waals surface area contributed by atoms with E-state index in [0.717, 1.165) is 0 Å². The molecule has 0 spiro atoms. The minimum Gasteiger partial charge on any atom is -0.313 e. The van der Waals surface area contributed by atoms with E-state index in [1.165, 1.54) is 33.4 Å². The van der Waals surface area contributed by atoms with Crippen LogP contribution in [0.25, 0.3) is 22.7 Å². The third-order valence-electron chi connectivity index (χ3n) is 3.62. The van der Waals surface area contributed by atoms with Gasteiger partial charge < -0.3 is 4.57 Å². The highest BCUT2D eigenvalue weighted by Gasteiger charge is 2.12. The zero-order valence-corrected chi connectivity index (χ0v) is 11.4. The van der Waals surface area contributed by atoms with Crippen LogP contribution in [-0.4, -0.2) is 4.57 Å². The molecule has 0 radical (unpaired) electrons. The lowest BCUT2D eigenvalue weighted by Gasteiger charge is -2.09. The Morgan fingerprint density at radius 1 is 1.00 bits per heavy atom. The van der Waals surface area contributed by atoms with E-state index < -0.39 is 0 Å². The van der Waals surface area contributed by atoms with Crippen molar-refractivity contribution in [3.63, 3.8) is 0 Å². The van der Waals surface area contributed by atoms with Crippen LogP contribution in [0.2, 0.25) is 0 Å². The van der Waals surface area contributed by atoms with E-state index in [4.69, 9.17) is 0 Å². The van der Waals surface area contributed by atoms with Crippen molar-refractivity contribution in [3.05, 3.63) is 71.9 Å². The van der Waals surface area contributed by atoms with Gasteiger partial charge in [-0.1, -0.05) is 43.0 Å². The molecule has 0 N–H and O–H groups in total. The number of nitrogens with zero attached hydrogens (tertiary/aromatic N) is 1. The van der Waals surface area contributed by atoms with Gasteiger partial charge in [0.1, 0.15) is 0 Å². The van der Waals surface area contributed by atoms with Gasteiger partial charge in [-0.15, -0.1) is 0 Å². The number of aromatic nitrogens is 1. The van der Waals surface area contributed by atoms with Gasteiger partial charge in [-0.05, 0) is 37.6 Å². The van der Waals surface area contributed by atoms with Gasteiger partial charge in [0.2, 0.25) is 0 Å². The summed E-state index contributed by atoms with van der Waals surface area (Å²) in [6.07, 6.45) is 1.95. The second kappa shape index (κ2) is 4.43. The summed E-state index contributed by atoms with van der Waals surface area (Å²) in [7, 11) is 0. The van der Waals surface area contributed by atoms with Crippen LogP contribution in [0.3, 0.4) is 0 Å². The zero-order chi connectivity index (χ0) is 13.4. The van der Waals surface area contributed by atoms with E-state index in [0.29, 0.717) is 0 Å². The topological polar surface area (TPSA) is 4.93 Å². The molecule has 0 fully saturated rings. The average Bonchev–Trinajstić information content (AvgIpc) is 2.70. The Morgan fingerprint density at radius 3 is 2.53 bits per heavy atom. The van der Waals surface area contributed by atoms with E-state index in [1.54, 1.807) is 0 Å². The molecule has 3 rings (SSSR count). The number of rotatable bonds is 2. The Morgan fingerprint density at radius 2 is 1.79 bits per heavy atom. The summed E-state index contributed by atoms with van der Waals surface area (Å²) in [6, 6.07) is 17.1. The molecule has 0 aliphatic carbocycles. The van der Waals surface area contributed by atoms with Crippen molar-refractivity contribution >= 4 is 17.0 Å². The second-order valence-corrected chi connectivity index (χ2v) is 4.89. The van der Waals surface area contributed by atoms with Crippen LogP contribution < -0.4 is 0 Å². The minimum absolute atomic E-state index is 1.21. The normalized spacial score (nSPS) is 10.8. The first-order valence-corrected chi connectivity index (χ1v) is 6.52. The molecule has 1 heterocycles. The summed E-state index contributed by atoms with van der Waals surface area (Å²) < 4.78 is 2.30. The number of hydrogen-bond donors (Lipinski definition) is 0. The Bertz CT molecular complexity index is 762. The molecule has 0 aliphatic rings. The van der Waals surface area contributed by atoms with Gasteiger partial charge in [0.15, 0.2) is 0 Å². The molecule has 0 atom stereocenters. The quantitative estimate of drug-likeness (QED) is 0.607. The van der Waals surface area contributed by atoms with Crippen molar-refractivity contribution in [1.29, 1.82) is 0 Å². The van der Waals surface area contributed by atoms with E-state index in [-0.39, 0.29) is 0 Å². The predicted octanol–water partition coefficient (Wildman–Crippen LogP) is 4.89. The van der Waals surface area contributed by atoms with Gasteiger partial charge in [0.25, 0.3) is 0 Å². The summed E-state index contributed by atoms with van der Waals surface area (Å²) in [5, 5.41) is 1.26. The summed E-state index contributed by atoms with van der Waals surface area (Å²) in [5.74, 6) is 0. The molecule has 0 saturated heterocycles. The average molecular weight is 247 g/mol. The lowest BCUT2D eigenvalue weighted by molar-refractivity contribution is 1.05. The van der Waals surface area contributed by atoms with E-state index >= 15 is 0 Å². The van der Waals surface area contributed by atoms with Gasteiger partial charge in [-0.2, -0.15) is 0 Å². The van der Waals surface area contributed by atoms with Crippen LogP contribution in [0, 0.1) is 13.8 Å². The van der Waals surface area contributed by atoms with Crippen LogP contribution in [0.1, 0.15) is 16.8 Å². The lowest BCUT2D eigenvalue weighted by atomic mass is 10.1. The van der Waals surface area contributed by atoms with Crippen LogP contribution in [0.4, 0.5) is 0 Å². The minimum atomic E-state index is 1.21. The summed E-state index contributed by atoms with van der Waals surface area (Å²) in [5.41, 5.74) is 6.18. The number of hydrogen-bond acceptors (Lipinski definition) is 0. The number of para-hydroxylation sites is 1. The summed E-state index contributed by atoms with van der Waals surface area (Å²) in [6.45, 7) is 8.23. The van der Waals surface area contributed by atoms with Crippen LogP contribution in [0.15, 0.2) is 55.1 Å². The smallest absolute Gasteiger partial charge is 0.0537 e. The Kier molecular flexibility index (Phi) is 2.75. The molecule has 19 heavy (non-hydrogen) atoms. The Balaban J connectivity index is 2.41. The molecular weight excluding hydrogens is 230 g/mol. The molecule has 0 bridgehead atoms. The van der Waals surface area contributed by atoms with E-state index in [2.05, 4.69) is 73.5 Å². The second-order valence-electron chi connectivity index (χ2n) is 4.89. The summed E-state index contributed by atoms with van der Waals surface area (Å²) >= 11 is 0. The maximum absolute atomic E-state index is 3.95. The fraction of sp³-hybridized carbons (Fsp3) is 0.111. The maximum atomic E-state index is 3.95. The molecule has 1 nitrogen and oxygen atoms in total. The van der Waals surface area contributed by atoms with Crippen molar-refractivity contribution in [1.82, 2.24) is 4.57 Å². The fourth-order valence-corrected chi connectivity index (χ4v) is 2.75. The van der Waals surface area contributed by atoms with Crippen molar-refractivity contribution in [3.8, 4) is 5.69 Å². The van der Waals surface area contributed by atoms with E-state index in [1.807, 2.05) is 6.08 Å². The number of benzene rings is 2. The standard InChI is InChI=1S/C18H17N/c1-4-16-14(3)19(15-9-7-8-13(2)12-15)18-11-6-5-10-17(16)18/h4-12H,1H2,2-3H3. The predicted molar refractivity (Wildman–Crippen MR) is 82.8 cm³/mol. The molecule has 1 aromatic heterocycles. The maximum Gasteiger partial charge on any atom is 0.0537 e. The van der Waals surface area contributed by atoms with Crippen molar-refractivity contribution < 1.29 is 0 Å². The Hall–Kier alpha value is -2.28. The van der Waals surface area contributed by atoms with Crippen LogP contribution >= 0.6 is 0 Å². The summed E-state index contributed by atoms with van der Waals surface area (Å²) in [4.78, 5) is 0. The highest BCUT2D eigenvalue weighted by molar-refractivity contribution is 5.92. The fourth-order valence-electron chi connectivity index (χ4n) is 2.75. The zero-order valence-electron chi connectivity index (χ0n) is 11.4. The monoisotopic (exact) mass is 247 g/mol. The molecule has 0 aliphatic heterocycles.